The topological polar surface area (TPSA) is 200 Å². The second kappa shape index (κ2) is 29.2. The number of fused-ring (bicyclic) bond motifs is 3. The first-order chi connectivity index (χ1) is 39.1. The molecule has 3 atom stereocenters. The van der Waals surface area contributed by atoms with Crippen molar-refractivity contribution >= 4 is 61.9 Å². The van der Waals surface area contributed by atoms with Crippen LogP contribution >= 0.6 is 31.9 Å². The number of aromatic nitrogens is 4. The van der Waals surface area contributed by atoms with Crippen LogP contribution < -0.4 is 19.9 Å². The normalized spacial score (nSPS) is 16.4. The minimum atomic E-state index is -3.50. The maximum atomic E-state index is 12.7. The second-order valence-corrected chi connectivity index (χ2v) is 27.9. The van der Waals surface area contributed by atoms with Gasteiger partial charge in [0.05, 0.1) is 43.2 Å². The zero-order valence-corrected chi connectivity index (χ0v) is 52.7. The quantitative estimate of drug-likeness (QED) is 0.0972. The van der Waals surface area contributed by atoms with E-state index in [1.807, 2.05) is 54.7 Å². The third kappa shape index (κ3) is 17.0. The molecule has 0 fully saturated rings. The van der Waals surface area contributed by atoms with E-state index in [0.29, 0.717) is 22.8 Å². The highest BCUT2D eigenvalue weighted by atomic mass is 79.9. The number of hydrogen-bond acceptors (Lipinski definition) is 9. The van der Waals surface area contributed by atoms with Gasteiger partial charge in [-0.1, -0.05) is 101 Å². The lowest BCUT2D eigenvalue weighted by molar-refractivity contribution is 0.549. The van der Waals surface area contributed by atoms with Gasteiger partial charge in [-0.05, 0) is 213 Å². The first kappa shape index (κ1) is 63.9. The summed E-state index contributed by atoms with van der Waals surface area (Å²) in [5.74, 6) is 0.456. The minimum Gasteiger partial charge on any atom is -0.340 e. The van der Waals surface area contributed by atoms with E-state index in [9.17, 15) is 29.6 Å². The van der Waals surface area contributed by atoms with Crippen LogP contribution in [0.1, 0.15) is 107 Å². The molecule has 0 amide bonds. The molecule has 0 bridgehead atoms. The van der Waals surface area contributed by atoms with Gasteiger partial charge in [-0.15, -0.1) is 0 Å². The second-order valence-electron chi connectivity index (χ2n) is 20.6. The fourth-order valence-corrected chi connectivity index (χ4v) is 14.0. The molecule has 6 aromatic carbocycles. The Balaban J connectivity index is 0.000000159. The highest BCUT2D eigenvalue weighted by Gasteiger charge is 2.25. The Morgan fingerprint density at radius 1 is 0.549 bits per heavy atom. The van der Waals surface area contributed by atoms with Crippen molar-refractivity contribution in [2.75, 3.05) is 21.1 Å². The maximum Gasteiger partial charge on any atom is 0.240 e. The van der Waals surface area contributed by atoms with E-state index in [0.717, 1.165) is 77.1 Å². The van der Waals surface area contributed by atoms with Gasteiger partial charge in [-0.2, -0.15) is 0 Å². The zero-order chi connectivity index (χ0) is 59.2. The summed E-state index contributed by atoms with van der Waals surface area (Å²) >= 11 is 6.44. The van der Waals surface area contributed by atoms with Gasteiger partial charge in [0.25, 0.3) is 0 Å². The van der Waals surface area contributed by atoms with E-state index in [1.54, 1.807) is 36.9 Å². The SMILES string of the molecule is CNS(=O)(=O)c1ccc(C[C@@H]2CCCc3ccccc32)c(-c2cn(C)cn2)c1.CNS(=O)(=O)c1ccc(C[C@@H]2CCCc3ccccc32)c(Br)c1.CNS(=O)(=O)c1ccc(F)c(Br)c1.Cc1cn(C)cn1.N[C@@H]1CCCc2ccccc21. The molecule has 0 aliphatic heterocycles. The third-order valence-corrected chi connectivity index (χ3v) is 20.5. The van der Waals surface area contributed by atoms with Crippen LogP contribution in [0.3, 0.4) is 0 Å². The molecule has 3 aliphatic carbocycles. The molecule has 2 aromatic heterocycles. The van der Waals surface area contributed by atoms with E-state index < -0.39 is 35.9 Å². The first-order valence-electron chi connectivity index (χ1n) is 27.2. The van der Waals surface area contributed by atoms with Crippen LogP contribution in [0.4, 0.5) is 4.39 Å². The fraction of sp³-hybridized carbons (Fsp3) is 0.323. The van der Waals surface area contributed by atoms with Crippen LogP contribution in [-0.4, -0.2) is 65.5 Å². The molecule has 20 heteroatoms. The lowest BCUT2D eigenvalue weighted by Gasteiger charge is -2.26. The Bertz CT molecular complexity index is 3780. The average Bonchev–Trinajstić information content (AvgIpc) is 4.26. The van der Waals surface area contributed by atoms with Crippen LogP contribution in [0.2, 0.25) is 0 Å². The van der Waals surface area contributed by atoms with Crippen LogP contribution in [-0.2, 0) is 76.3 Å². The molecule has 14 nitrogen and oxygen atoms in total. The number of benzene rings is 6. The van der Waals surface area contributed by atoms with E-state index in [-0.39, 0.29) is 14.3 Å². The monoisotopic (exact) mass is 1300 g/mol. The maximum absolute atomic E-state index is 12.7. The van der Waals surface area contributed by atoms with Crippen molar-refractivity contribution in [1.29, 1.82) is 0 Å². The summed E-state index contributed by atoms with van der Waals surface area (Å²) in [5, 5.41) is 0. The molecule has 5 N–H and O–H groups in total. The molecule has 11 rings (SSSR count). The van der Waals surface area contributed by atoms with Crippen molar-refractivity contribution in [1.82, 2.24) is 33.3 Å². The van der Waals surface area contributed by atoms with Crippen molar-refractivity contribution in [2.45, 2.75) is 110 Å². The number of halogens is 3. The van der Waals surface area contributed by atoms with Crippen molar-refractivity contribution in [3.8, 4) is 11.3 Å². The molecule has 436 valence electrons. The first-order valence-corrected chi connectivity index (χ1v) is 33.2. The van der Waals surface area contributed by atoms with E-state index >= 15 is 0 Å². The summed E-state index contributed by atoms with van der Waals surface area (Å²) < 4.78 is 95.2. The smallest absolute Gasteiger partial charge is 0.240 e. The van der Waals surface area contributed by atoms with Crippen molar-refractivity contribution in [2.24, 2.45) is 19.8 Å². The van der Waals surface area contributed by atoms with Gasteiger partial charge in [-0.3, -0.25) is 0 Å². The number of aryl methyl sites for hydroxylation is 6. The summed E-state index contributed by atoms with van der Waals surface area (Å²) in [7, 11) is -2.35. The Labute approximate surface area is 501 Å². The van der Waals surface area contributed by atoms with Gasteiger partial charge in [-0.25, -0.2) is 53.8 Å². The number of nitrogens with two attached hydrogens (primary N) is 1. The van der Waals surface area contributed by atoms with E-state index in [2.05, 4.69) is 129 Å². The average molecular weight is 1300 g/mol. The molecule has 82 heavy (non-hydrogen) atoms. The molecule has 8 aromatic rings. The number of nitrogens with zero attached hydrogens (tertiary/aromatic N) is 4. The molecular weight excluding hydrogens is 1230 g/mol. The van der Waals surface area contributed by atoms with Crippen molar-refractivity contribution < 1.29 is 29.6 Å². The van der Waals surface area contributed by atoms with Crippen LogP contribution in [0.25, 0.3) is 11.3 Å². The van der Waals surface area contributed by atoms with Crippen LogP contribution in [0, 0.1) is 12.7 Å². The predicted molar refractivity (Wildman–Crippen MR) is 332 cm³/mol. The Morgan fingerprint density at radius 2 is 0.976 bits per heavy atom. The molecule has 3 aliphatic rings. The predicted octanol–water partition coefficient (Wildman–Crippen LogP) is 11.9. The number of nitrogens with one attached hydrogen (secondary N) is 3. The number of hydrogen-bond donors (Lipinski definition) is 4. The Morgan fingerprint density at radius 3 is 1.41 bits per heavy atom. The molecule has 0 spiro atoms. The molecular formula is C62H73Br2FN8O6S3. The molecule has 0 unspecified atom stereocenters. The van der Waals surface area contributed by atoms with Crippen molar-refractivity contribution in [3.63, 3.8) is 0 Å². The highest BCUT2D eigenvalue weighted by molar-refractivity contribution is 9.10. The lowest BCUT2D eigenvalue weighted by Crippen LogP contribution is -2.19. The minimum absolute atomic E-state index is 0.0308. The number of rotatable bonds is 11. The number of imidazole rings is 2. The van der Waals surface area contributed by atoms with Gasteiger partial charge in [0.2, 0.25) is 30.1 Å². The highest BCUT2D eigenvalue weighted by Crippen LogP contribution is 2.38. The molecule has 0 radical (unpaired) electrons. The van der Waals surface area contributed by atoms with Crippen LogP contribution in [0.5, 0.6) is 0 Å². The van der Waals surface area contributed by atoms with Crippen LogP contribution in [0.15, 0.2) is 176 Å². The third-order valence-electron chi connectivity index (χ3n) is 14.9. The number of sulfonamides is 3. The zero-order valence-electron chi connectivity index (χ0n) is 47.1. The summed E-state index contributed by atoms with van der Waals surface area (Å²) in [6.45, 7) is 1.97. The van der Waals surface area contributed by atoms with Gasteiger partial charge >= 0.3 is 0 Å². The molecule has 0 saturated heterocycles. The molecule has 2 heterocycles. The largest absolute Gasteiger partial charge is 0.340 e. The summed E-state index contributed by atoms with van der Waals surface area (Å²) in [6, 6.07) is 40.3. The van der Waals surface area contributed by atoms with E-state index in [4.69, 9.17) is 5.73 Å². The standard InChI is InChI=1S/C22H25N3O2S.C18H20BrNO2S.C10H13N.C7H7BrFNO2S.C5H8N2/c1-23-28(26,27)19-11-10-18(21(13-19)22-14-25(2)15-24-22)12-17-8-5-7-16-6-3-4-9-20(16)17;1-20-23(21,22)16-10-9-15(18(19)12-16)11-14-7-4-6-13-5-2-3-8-17(13)14;11-10-7-3-5-8-4-1-2-6-9(8)10;1-10-13(11,12)5-2-3-7(9)6(8)4-5;1-5-3-7(2)4-6-5/h3-4,6,9-11,13-15,17,23H,5,7-8,12H2,1-2H3;2-3,5,8-10,12,14,20H,4,6-7,11H2,1H3;1-2,4,6,10H,3,5,7,11H2;2-4,10H,1H3;3-4H,1-2H3/t17-;14-;10-;;/m001../s1. The summed E-state index contributed by atoms with van der Waals surface area (Å²) in [5.41, 5.74) is 19.6. The Hall–Kier alpha value is -5.68. The molecule has 0 saturated carbocycles. The summed E-state index contributed by atoms with van der Waals surface area (Å²) in [4.78, 5) is 9.05. The van der Waals surface area contributed by atoms with Gasteiger partial charge in [0.1, 0.15) is 5.82 Å². The van der Waals surface area contributed by atoms with Gasteiger partial charge in [0, 0.05) is 42.6 Å². The lowest BCUT2D eigenvalue weighted by atomic mass is 9.79. The van der Waals surface area contributed by atoms with E-state index in [1.165, 1.54) is 98.8 Å². The summed E-state index contributed by atoms with van der Waals surface area (Å²) in [6.07, 6.45) is 19.9. The van der Waals surface area contributed by atoms with Gasteiger partial charge < -0.3 is 14.9 Å². The fourth-order valence-electron chi connectivity index (χ4n) is 10.5. The van der Waals surface area contributed by atoms with Crippen molar-refractivity contribution in [3.05, 3.63) is 217 Å². The Kier molecular flexibility index (Phi) is 22.8. The van der Waals surface area contributed by atoms with Gasteiger partial charge in [0.15, 0.2) is 0 Å².